The summed E-state index contributed by atoms with van der Waals surface area (Å²) >= 11 is 0. The van der Waals surface area contributed by atoms with Crippen molar-refractivity contribution in [2.75, 3.05) is 26.2 Å². The summed E-state index contributed by atoms with van der Waals surface area (Å²) in [4.78, 5) is 28.8. The molecule has 25 heavy (non-hydrogen) atoms. The number of carbonyl (C=O) groups excluding carboxylic acids is 2. The number of hydrogen-bond acceptors (Lipinski definition) is 3. The van der Waals surface area contributed by atoms with Crippen LogP contribution < -0.4 is 0 Å². The van der Waals surface area contributed by atoms with E-state index in [0.717, 1.165) is 24.6 Å². The molecule has 1 aromatic carbocycles. The van der Waals surface area contributed by atoms with Crippen molar-refractivity contribution >= 4 is 11.8 Å². The van der Waals surface area contributed by atoms with Crippen LogP contribution in [0.1, 0.15) is 31.2 Å². The fourth-order valence-corrected chi connectivity index (χ4v) is 4.06. The topological polar surface area (TPSA) is 60.9 Å². The highest BCUT2D eigenvalue weighted by atomic mass is 19.1. The van der Waals surface area contributed by atoms with Crippen molar-refractivity contribution in [1.29, 1.82) is 0 Å². The smallest absolute Gasteiger partial charge is 0.248 e. The van der Waals surface area contributed by atoms with Crippen LogP contribution in [0.25, 0.3) is 0 Å². The van der Waals surface area contributed by atoms with E-state index in [9.17, 15) is 18.4 Å². The van der Waals surface area contributed by atoms with Gasteiger partial charge in [0.05, 0.1) is 13.0 Å². The lowest BCUT2D eigenvalue weighted by Gasteiger charge is -2.44. The molecular weight excluding hydrogens is 330 g/mol. The van der Waals surface area contributed by atoms with Crippen LogP contribution in [0.15, 0.2) is 18.2 Å². The van der Waals surface area contributed by atoms with Crippen molar-refractivity contribution in [2.45, 2.75) is 37.6 Å². The van der Waals surface area contributed by atoms with Crippen LogP contribution >= 0.6 is 0 Å². The average Bonchev–Trinajstić information content (AvgIpc) is 3.00. The molecule has 2 aliphatic rings. The lowest BCUT2D eigenvalue weighted by atomic mass is 9.85. The van der Waals surface area contributed by atoms with E-state index in [0.29, 0.717) is 32.4 Å². The molecule has 0 aromatic heterocycles. The van der Waals surface area contributed by atoms with Crippen molar-refractivity contribution in [2.24, 2.45) is 0 Å². The lowest BCUT2D eigenvalue weighted by Crippen LogP contribution is -2.61. The summed E-state index contributed by atoms with van der Waals surface area (Å²) in [6.45, 7) is 1.14. The number of nitrogens with zero attached hydrogens (tertiary/aromatic N) is 2. The maximum absolute atomic E-state index is 13.8. The number of piperidine rings is 1. The fourth-order valence-electron chi connectivity index (χ4n) is 4.06. The average molecular weight is 352 g/mol. The first-order chi connectivity index (χ1) is 12.0. The molecule has 1 spiro atoms. The molecule has 2 heterocycles. The molecule has 0 bridgehead atoms. The number of benzene rings is 1. The number of amides is 2. The molecule has 1 N–H and O–H groups in total. The van der Waals surface area contributed by atoms with Crippen LogP contribution in [0.5, 0.6) is 0 Å². The molecular formula is C18H22F2N2O3. The van der Waals surface area contributed by atoms with E-state index in [1.807, 2.05) is 0 Å². The van der Waals surface area contributed by atoms with Gasteiger partial charge in [-0.1, -0.05) is 0 Å². The Kier molecular flexibility index (Phi) is 5.03. The Hall–Kier alpha value is -2.02. The first kappa shape index (κ1) is 17.8. The van der Waals surface area contributed by atoms with Gasteiger partial charge >= 0.3 is 0 Å². The Morgan fingerprint density at radius 2 is 1.92 bits per heavy atom. The molecule has 2 aliphatic heterocycles. The van der Waals surface area contributed by atoms with E-state index in [2.05, 4.69) is 0 Å². The SMILES string of the molecule is O=C(Cc1cc(F)ccc1F)N1CCCC12CCCN(CCO)C2=O. The van der Waals surface area contributed by atoms with Gasteiger partial charge in [-0.3, -0.25) is 9.59 Å². The summed E-state index contributed by atoms with van der Waals surface area (Å²) in [5.41, 5.74) is -0.892. The van der Waals surface area contributed by atoms with Crippen LogP contribution in [0.2, 0.25) is 0 Å². The van der Waals surface area contributed by atoms with Crippen LogP contribution in [0.4, 0.5) is 8.78 Å². The van der Waals surface area contributed by atoms with E-state index < -0.39 is 17.2 Å². The van der Waals surface area contributed by atoms with Gasteiger partial charge < -0.3 is 14.9 Å². The minimum atomic E-state index is -0.895. The van der Waals surface area contributed by atoms with E-state index in [-0.39, 0.29) is 37.0 Å². The number of carbonyl (C=O) groups is 2. The highest BCUT2D eigenvalue weighted by Crippen LogP contribution is 2.38. The second-order valence-electron chi connectivity index (χ2n) is 6.71. The second-order valence-corrected chi connectivity index (χ2v) is 6.71. The molecule has 0 saturated carbocycles. The Bertz CT molecular complexity index is 680. The summed E-state index contributed by atoms with van der Waals surface area (Å²) in [5, 5.41) is 9.14. The number of halogens is 2. The zero-order valence-corrected chi connectivity index (χ0v) is 14.0. The predicted octanol–water partition coefficient (Wildman–Crippen LogP) is 1.48. The monoisotopic (exact) mass is 352 g/mol. The summed E-state index contributed by atoms with van der Waals surface area (Å²) in [6.07, 6.45) is 2.34. The molecule has 136 valence electrons. The van der Waals surface area contributed by atoms with Crippen LogP contribution in [0, 0.1) is 11.6 Å². The lowest BCUT2D eigenvalue weighted by molar-refractivity contribution is -0.155. The van der Waals surface area contributed by atoms with Crippen molar-refractivity contribution in [3.8, 4) is 0 Å². The fraction of sp³-hybridized carbons (Fsp3) is 0.556. The quantitative estimate of drug-likeness (QED) is 0.893. The summed E-state index contributed by atoms with van der Waals surface area (Å²) in [7, 11) is 0. The second kappa shape index (κ2) is 7.07. The number of aliphatic hydroxyl groups is 1. The van der Waals surface area contributed by atoms with Gasteiger partial charge in [-0.2, -0.15) is 0 Å². The largest absolute Gasteiger partial charge is 0.395 e. The molecule has 7 heteroatoms. The summed E-state index contributed by atoms with van der Waals surface area (Å²) < 4.78 is 27.2. The number of likely N-dealkylation sites (tertiary alicyclic amines) is 2. The maximum atomic E-state index is 13.8. The molecule has 0 aliphatic carbocycles. The minimum absolute atomic E-state index is 0.00234. The highest BCUT2D eigenvalue weighted by Gasteiger charge is 2.52. The molecule has 0 radical (unpaired) electrons. The van der Waals surface area contributed by atoms with E-state index >= 15 is 0 Å². The van der Waals surface area contributed by atoms with E-state index in [1.54, 1.807) is 9.80 Å². The summed E-state index contributed by atoms with van der Waals surface area (Å²) in [6, 6.07) is 3.04. The zero-order valence-electron chi connectivity index (χ0n) is 14.0. The third-order valence-electron chi connectivity index (χ3n) is 5.21. The normalized spacial score (nSPS) is 23.6. The van der Waals surface area contributed by atoms with Gasteiger partial charge in [0.2, 0.25) is 11.8 Å². The van der Waals surface area contributed by atoms with Crippen molar-refractivity contribution in [3.05, 3.63) is 35.4 Å². The van der Waals surface area contributed by atoms with Gasteiger partial charge in [-0.15, -0.1) is 0 Å². The molecule has 2 saturated heterocycles. The Morgan fingerprint density at radius 1 is 1.20 bits per heavy atom. The predicted molar refractivity (Wildman–Crippen MR) is 86.6 cm³/mol. The van der Waals surface area contributed by atoms with Gasteiger partial charge in [0.25, 0.3) is 0 Å². The molecule has 1 unspecified atom stereocenters. The molecule has 3 rings (SSSR count). The summed E-state index contributed by atoms with van der Waals surface area (Å²) in [5.74, 6) is -1.72. The van der Waals surface area contributed by atoms with Gasteiger partial charge in [-0.05, 0) is 43.9 Å². The number of rotatable bonds is 4. The Morgan fingerprint density at radius 3 is 2.64 bits per heavy atom. The zero-order chi connectivity index (χ0) is 18.0. The van der Waals surface area contributed by atoms with E-state index in [1.165, 1.54) is 0 Å². The molecule has 1 atom stereocenters. The molecule has 1 aromatic rings. The molecule has 2 fully saturated rings. The number of aliphatic hydroxyl groups excluding tert-OH is 1. The van der Waals surface area contributed by atoms with Gasteiger partial charge in [0.15, 0.2) is 0 Å². The molecule has 2 amide bonds. The van der Waals surface area contributed by atoms with Crippen molar-refractivity contribution < 1.29 is 23.5 Å². The maximum Gasteiger partial charge on any atom is 0.248 e. The third kappa shape index (κ3) is 3.25. The first-order valence-electron chi connectivity index (χ1n) is 8.62. The Balaban J connectivity index is 1.82. The van der Waals surface area contributed by atoms with Crippen molar-refractivity contribution in [3.63, 3.8) is 0 Å². The highest BCUT2D eigenvalue weighted by molar-refractivity contribution is 5.93. The standard InChI is InChI=1S/C18H22F2N2O3/c19-14-3-4-15(20)13(11-14)12-16(24)22-8-2-6-18(22)5-1-7-21(9-10-23)17(18)25/h3-4,11,23H,1-2,5-10,12H2. The van der Waals surface area contributed by atoms with Gasteiger partial charge in [-0.25, -0.2) is 8.78 Å². The first-order valence-corrected chi connectivity index (χ1v) is 8.62. The van der Waals surface area contributed by atoms with Gasteiger partial charge in [0, 0.05) is 25.2 Å². The molecule has 5 nitrogen and oxygen atoms in total. The van der Waals surface area contributed by atoms with Crippen LogP contribution in [-0.2, 0) is 16.0 Å². The van der Waals surface area contributed by atoms with Crippen molar-refractivity contribution in [1.82, 2.24) is 9.80 Å². The third-order valence-corrected chi connectivity index (χ3v) is 5.21. The Labute approximate surface area is 145 Å². The number of β-amino-alcohol motifs (C(OH)–C–C–N with tert-alkyl or cyclic N) is 1. The van der Waals surface area contributed by atoms with Crippen LogP contribution in [0.3, 0.4) is 0 Å². The minimum Gasteiger partial charge on any atom is -0.395 e. The number of hydrogen-bond donors (Lipinski definition) is 1. The van der Waals surface area contributed by atoms with Crippen LogP contribution in [-0.4, -0.2) is 58.5 Å². The van der Waals surface area contributed by atoms with Gasteiger partial charge in [0.1, 0.15) is 17.2 Å². The van der Waals surface area contributed by atoms with E-state index in [4.69, 9.17) is 5.11 Å².